The van der Waals surface area contributed by atoms with Crippen LogP contribution in [0.4, 0.5) is 0 Å². The first-order valence-electron chi connectivity index (χ1n) is 5.85. The third kappa shape index (κ3) is 3.22. The molecule has 0 aromatic rings. The predicted molar refractivity (Wildman–Crippen MR) is 66.2 cm³/mol. The van der Waals surface area contributed by atoms with Gasteiger partial charge in [-0.05, 0) is 19.3 Å². The monoisotopic (exact) mass is 226 g/mol. The van der Waals surface area contributed by atoms with Crippen LogP contribution in [0.5, 0.6) is 0 Å². The van der Waals surface area contributed by atoms with E-state index in [0.29, 0.717) is 25.7 Å². The topological polar surface area (TPSA) is 43.2 Å². The highest BCUT2D eigenvalue weighted by Gasteiger charge is 2.33. The van der Waals surface area contributed by atoms with E-state index in [1.54, 1.807) is 0 Å². The summed E-state index contributed by atoms with van der Waals surface area (Å²) in [6.07, 6.45) is 0. The van der Waals surface area contributed by atoms with Crippen molar-refractivity contribution in [2.75, 3.05) is 19.8 Å². The van der Waals surface area contributed by atoms with Crippen molar-refractivity contribution >= 4 is 11.8 Å². The van der Waals surface area contributed by atoms with Gasteiger partial charge in [0.15, 0.2) is 0 Å². The van der Waals surface area contributed by atoms with Crippen LogP contribution in [0, 0.1) is 5.41 Å². The zero-order valence-corrected chi connectivity index (χ0v) is 10.9. The minimum absolute atomic E-state index is 0.00320. The summed E-state index contributed by atoms with van der Waals surface area (Å²) < 4.78 is 11.0. The molecule has 0 spiro atoms. The van der Waals surface area contributed by atoms with E-state index in [1.165, 1.54) is 0 Å². The lowest BCUT2D eigenvalue weighted by Gasteiger charge is -2.30. The zero-order valence-electron chi connectivity index (χ0n) is 10.9. The molecule has 1 aliphatic rings. The Hall–Kier alpha value is -1.06. The van der Waals surface area contributed by atoms with Crippen LogP contribution >= 0.6 is 0 Å². The summed E-state index contributed by atoms with van der Waals surface area (Å²) in [5.41, 5.74) is -0.00320. The summed E-state index contributed by atoms with van der Waals surface area (Å²) in [4.78, 5) is 8.99. The molecule has 0 N–H and O–H groups in total. The molecule has 16 heavy (non-hydrogen) atoms. The van der Waals surface area contributed by atoms with Crippen LogP contribution in [0.1, 0.15) is 34.6 Å². The van der Waals surface area contributed by atoms with E-state index < -0.39 is 0 Å². The third-order valence-electron chi connectivity index (χ3n) is 2.30. The maximum atomic E-state index is 5.54. The molecule has 1 aliphatic heterocycles. The smallest absolute Gasteiger partial charge is 0.210 e. The second-order valence-corrected chi connectivity index (χ2v) is 4.81. The number of hydrogen-bond donors (Lipinski definition) is 0. The summed E-state index contributed by atoms with van der Waals surface area (Å²) in [5.74, 6) is 1.45. The molecule has 1 heterocycles. The fraction of sp³-hybridized carbons (Fsp3) is 0.833. The van der Waals surface area contributed by atoms with Gasteiger partial charge in [0.1, 0.15) is 12.6 Å². The Labute approximate surface area is 97.8 Å². The van der Waals surface area contributed by atoms with E-state index in [0.717, 1.165) is 5.90 Å². The van der Waals surface area contributed by atoms with Gasteiger partial charge in [-0.1, -0.05) is 20.8 Å². The minimum Gasteiger partial charge on any atom is -0.480 e. The molecule has 0 aliphatic carbocycles. The van der Waals surface area contributed by atoms with Crippen molar-refractivity contribution in [3.05, 3.63) is 0 Å². The first-order valence-corrected chi connectivity index (χ1v) is 5.85. The van der Waals surface area contributed by atoms with Gasteiger partial charge in [-0.3, -0.25) is 0 Å². The van der Waals surface area contributed by atoms with Crippen molar-refractivity contribution in [3.63, 3.8) is 0 Å². The first-order chi connectivity index (χ1) is 7.49. The van der Waals surface area contributed by atoms with Crippen LogP contribution < -0.4 is 0 Å². The molecule has 1 atom stereocenters. The summed E-state index contributed by atoms with van der Waals surface area (Å²) in [6.45, 7) is 12.1. The van der Waals surface area contributed by atoms with Crippen LogP contribution in [0.2, 0.25) is 0 Å². The van der Waals surface area contributed by atoms with E-state index in [4.69, 9.17) is 9.47 Å². The van der Waals surface area contributed by atoms with Crippen LogP contribution in [0.25, 0.3) is 0 Å². The van der Waals surface area contributed by atoms with Gasteiger partial charge in [0, 0.05) is 0 Å². The van der Waals surface area contributed by atoms with E-state index in [2.05, 4.69) is 30.8 Å². The number of rotatable bonds is 2. The SMILES string of the molecule is CCOC1=N[C@H](C(C)(C)C)C(OCC)=NC1. The largest absolute Gasteiger partial charge is 0.480 e. The van der Waals surface area contributed by atoms with Crippen molar-refractivity contribution in [2.45, 2.75) is 40.7 Å². The predicted octanol–water partition coefficient (Wildman–Crippen LogP) is 2.28. The molecule has 0 radical (unpaired) electrons. The Kier molecular flexibility index (Phi) is 4.33. The van der Waals surface area contributed by atoms with Gasteiger partial charge in [-0.2, -0.15) is 0 Å². The Morgan fingerprint density at radius 3 is 2.31 bits per heavy atom. The van der Waals surface area contributed by atoms with Gasteiger partial charge in [0.2, 0.25) is 11.8 Å². The third-order valence-corrected chi connectivity index (χ3v) is 2.30. The molecule has 0 fully saturated rings. The fourth-order valence-electron chi connectivity index (χ4n) is 1.56. The number of hydrogen-bond acceptors (Lipinski definition) is 4. The van der Waals surface area contributed by atoms with Crippen LogP contribution in [-0.4, -0.2) is 37.6 Å². The summed E-state index contributed by atoms with van der Waals surface area (Å²) >= 11 is 0. The van der Waals surface area contributed by atoms with Crippen molar-refractivity contribution < 1.29 is 9.47 Å². The van der Waals surface area contributed by atoms with E-state index in [9.17, 15) is 0 Å². The lowest BCUT2D eigenvalue weighted by atomic mass is 9.86. The Morgan fingerprint density at radius 1 is 1.19 bits per heavy atom. The lowest BCUT2D eigenvalue weighted by Crippen LogP contribution is -2.39. The van der Waals surface area contributed by atoms with Crippen LogP contribution in [-0.2, 0) is 9.47 Å². The lowest BCUT2D eigenvalue weighted by molar-refractivity contribution is 0.258. The molecule has 0 aromatic carbocycles. The molecule has 1 rings (SSSR count). The highest BCUT2D eigenvalue weighted by Crippen LogP contribution is 2.26. The van der Waals surface area contributed by atoms with Crippen molar-refractivity contribution in [1.82, 2.24) is 0 Å². The first kappa shape index (κ1) is 13.0. The molecule has 4 nitrogen and oxygen atoms in total. The average molecular weight is 226 g/mol. The van der Waals surface area contributed by atoms with Gasteiger partial charge in [0.05, 0.1) is 13.2 Å². The van der Waals surface area contributed by atoms with Gasteiger partial charge < -0.3 is 9.47 Å². The van der Waals surface area contributed by atoms with E-state index in [1.807, 2.05) is 13.8 Å². The molecule has 0 aromatic heterocycles. The Morgan fingerprint density at radius 2 is 1.81 bits per heavy atom. The highest BCUT2D eigenvalue weighted by atomic mass is 16.5. The number of ether oxygens (including phenoxy) is 2. The molecular weight excluding hydrogens is 204 g/mol. The number of nitrogens with zero attached hydrogens (tertiary/aromatic N) is 2. The molecule has 4 heteroatoms. The Balaban J connectivity index is 2.84. The van der Waals surface area contributed by atoms with Gasteiger partial charge in [-0.15, -0.1) is 0 Å². The van der Waals surface area contributed by atoms with Crippen LogP contribution in [0.15, 0.2) is 9.98 Å². The summed E-state index contributed by atoms with van der Waals surface area (Å²) in [6, 6.07) is -0.0391. The van der Waals surface area contributed by atoms with E-state index in [-0.39, 0.29) is 11.5 Å². The van der Waals surface area contributed by atoms with E-state index >= 15 is 0 Å². The molecule has 0 amide bonds. The molecule has 0 saturated heterocycles. The summed E-state index contributed by atoms with van der Waals surface area (Å²) in [7, 11) is 0. The highest BCUT2D eigenvalue weighted by molar-refractivity contribution is 5.92. The normalized spacial score (nSPS) is 21.2. The Bertz CT molecular complexity index is 290. The van der Waals surface area contributed by atoms with Crippen LogP contribution in [0.3, 0.4) is 0 Å². The average Bonchev–Trinajstić information content (AvgIpc) is 2.19. The second kappa shape index (κ2) is 5.32. The second-order valence-electron chi connectivity index (χ2n) is 4.81. The van der Waals surface area contributed by atoms with Gasteiger partial charge in [-0.25, -0.2) is 9.98 Å². The van der Waals surface area contributed by atoms with Gasteiger partial charge >= 0.3 is 0 Å². The number of aliphatic imine (C=N–C) groups is 2. The molecule has 0 unspecified atom stereocenters. The van der Waals surface area contributed by atoms with Crippen molar-refractivity contribution in [1.29, 1.82) is 0 Å². The standard InChI is InChI=1S/C12H22N2O2/c1-6-15-9-8-13-11(16-7-2)10(14-9)12(3,4)5/h10H,6-8H2,1-5H3/t10-/m0/s1. The molecule has 0 saturated carbocycles. The molecule has 0 bridgehead atoms. The van der Waals surface area contributed by atoms with Crippen molar-refractivity contribution in [3.8, 4) is 0 Å². The quantitative estimate of drug-likeness (QED) is 0.725. The summed E-state index contributed by atoms with van der Waals surface area (Å²) in [5, 5.41) is 0. The molecular formula is C12H22N2O2. The van der Waals surface area contributed by atoms with Gasteiger partial charge in [0.25, 0.3) is 0 Å². The minimum atomic E-state index is -0.0391. The van der Waals surface area contributed by atoms with Crippen molar-refractivity contribution in [2.24, 2.45) is 15.4 Å². The zero-order chi connectivity index (χ0) is 12.2. The maximum Gasteiger partial charge on any atom is 0.210 e. The maximum absolute atomic E-state index is 5.54. The molecule has 92 valence electrons. The fourth-order valence-corrected chi connectivity index (χ4v) is 1.56.